The lowest BCUT2D eigenvalue weighted by Gasteiger charge is -2.04. The highest BCUT2D eigenvalue weighted by Crippen LogP contribution is 2.29. The summed E-state index contributed by atoms with van der Waals surface area (Å²) < 4.78 is 0. The van der Waals surface area contributed by atoms with Crippen LogP contribution in [-0.4, -0.2) is 21.0 Å². The molecule has 0 aliphatic rings. The maximum atomic E-state index is 10.8. The molecule has 2 rings (SSSR count). The number of aromatic nitrogens is 1. The molecule has 0 aliphatic carbocycles. The van der Waals surface area contributed by atoms with Crippen LogP contribution in [0.2, 0.25) is 5.02 Å². The smallest absolute Gasteiger partial charge is 0.345 e. The Morgan fingerprint density at radius 1 is 1.53 bits per heavy atom. The standard InChI is InChI=1S/C10H6ClN3O4S/c11-7-3-5(1-2-6(7)9(15)16)13-10-12-4-8(19-10)14(17)18/h1-4H,(H,12,13)(H,15,16). The van der Waals surface area contributed by atoms with Gasteiger partial charge < -0.3 is 10.4 Å². The average Bonchev–Trinajstić information content (AvgIpc) is 2.77. The van der Waals surface area contributed by atoms with Gasteiger partial charge in [-0.2, -0.15) is 0 Å². The van der Waals surface area contributed by atoms with Crippen molar-refractivity contribution in [2.45, 2.75) is 0 Å². The van der Waals surface area contributed by atoms with Crippen LogP contribution in [0.5, 0.6) is 0 Å². The highest BCUT2D eigenvalue weighted by atomic mass is 35.5. The van der Waals surface area contributed by atoms with Crippen LogP contribution in [0.25, 0.3) is 0 Å². The molecule has 1 heterocycles. The molecule has 2 aromatic rings. The van der Waals surface area contributed by atoms with E-state index in [0.717, 1.165) is 17.5 Å². The van der Waals surface area contributed by atoms with E-state index in [2.05, 4.69) is 10.3 Å². The van der Waals surface area contributed by atoms with Crippen molar-refractivity contribution in [2.24, 2.45) is 0 Å². The minimum atomic E-state index is -1.12. The quantitative estimate of drug-likeness (QED) is 0.663. The van der Waals surface area contributed by atoms with Crippen LogP contribution in [-0.2, 0) is 0 Å². The summed E-state index contributed by atoms with van der Waals surface area (Å²) in [5.41, 5.74) is 0.483. The van der Waals surface area contributed by atoms with Crippen molar-refractivity contribution < 1.29 is 14.8 Å². The first-order valence-electron chi connectivity index (χ1n) is 4.87. The molecule has 0 amide bonds. The van der Waals surface area contributed by atoms with Gasteiger partial charge in [0.25, 0.3) is 0 Å². The first-order valence-corrected chi connectivity index (χ1v) is 6.07. The molecule has 7 nitrogen and oxygen atoms in total. The van der Waals surface area contributed by atoms with Crippen LogP contribution < -0.4 is 5.32 Å². The fourth-order valence-electron chi connectivity index (χ4n) is 1.30. The maximum absolute atomic E-state index is 10.8. The molecule has 19 heavy (non-hydrogen) atoms. The highest BCUT2D eigenvalue weighted by Gasteiger charge is 2.13. The van der Waals surface area contributed by atoms with E-state index in [4.69, 9.17) is 16.7 Å². The van der Waals surface area contributed by atoms with E-state index in [9.17, 15) is 14.9 Å². The van der Waals surface area contributed by atoms with Crippen molar-refractivity contribution in [3.05, 3.63) is 45.1 Å². The number of hydrogen-bond acceptors (Lipinski definition) is 6. The van der Waals surface area contributed by atoms with E-state index in [1.165, 1.54) is 18.2 Å². The molecule has 1 aromatic heterocycles. The molecule has 0 bridgehead atoms. The first-order chi connectivity index (χ1) is 8.97. The number of carboxylic acid groups (broad SMARTS) is 1. The second kappa shape index (κ2) is 5.21. The van der Waals surface area contributed by atoms with Crippen LogP contribution >= 0.6 is 22.9 Å². The second-order valence-corrected chi connectivity index (χ2v) is 4.80. The zero-order valence-electron chi connectivity index (χ0n) is 9.16. The van der Waals surface area contributed by atoms with Gasteiger partial charge in [-0.05, 0) is 29.5 Å². The number of nitro groups is 1. The summed E-state index contributed by atoms with van der Waals surface area (Å²) in [4.78, 5) is 24.6. The number of carboxylic acids is 1. The molecule has 0 fully saturated rings. The monoisotopic (exact) mass is 299 g/mol. The van der Waals surface area contributed by atoms with E-state index >= 15 is 0 Å². The maximum Gasteiger partial charge on any atom is 0.345 e. The molecule has 0 unspecified atom stereocenters. The van der Waals surface area contributed by atoms with Gasteiger partial charge in [0.1, 0.15) is 6.20 Å². The number of thiazole rings is 1. The fourth-order valence-corrected chi connectivity index (χ4v) is 2.21. The zero-order chi connectivity index (χ0) is 14.0. The Morgan fingerprint density at radius 2 is 2.26 bits per heavy atom. The molecule has 0 aliphatic heterocycles. The minimum absolute atomic E-state index is 0.0164. The minimum Gasteiger partial charge on any atom is -0.478 e. The molecule has 0 radical (unpaired) electrons. The summed E-state index contributed by atoms with van der Waals surface area (Å²) in [6.07, 6.45) is 1.14. The molecule has 0 spiro atoms. The Balaban J connectivity index is 2.21. The van der Waals surface area contributed by atoms with E-state index in [1.54, 1.807) is 0 Å². The van der Waals surface area contributed by atoms with Crippen molar-refractivity contribution in [1.29, 1.82) is 0 Å². The van der Waals surface area contributed by atoms with Crippen molar-refractivity contribution in [3.8, 4) is 0 Å². The van der Waals surface area contributed by atoms with Gasteiger partial charge in [-0.15, -0.1) is 0 Å². The Hall–Kier alpha value is -2.19. The normalized spacial score (nSPS) is 10.2. The van der Waals surface area contributed by atoms with Gasteiger partial charge >= 0.3 is 11.0 Å². The number of carbonyl (C=O) groups is 1. The Labute approximate surface area is 115 Å². The summed E-state index contributed by atoms with van der Waals surface area (Å²) in [6.45, 7) is 0. The van der Waals surface area contributed by atoms with E-state index in [0.29, 0.717) is 10.8 Å². The molecular formula is C10H6ClN3O4S. The lowest BCUT2D eigenvalue weighted by atomic mass is 10.2. The number of hydrogen-bond donors (Lipinski definition) is 2. The second-order valence-electron chi connectivity index (χ2n) is 3.39. The van der Waals surface area contributed by atoms with Crippen LogP contribution in [0.4, 0.5) is 15.8 Å². The largest absolute Gasteiger partial charge is 0.478 e. The number of rotatable bonds is 4. The molecule has 2 N–H and O–H groups in total. The third-order valence-electron chi connectivity index (χ3n) is 2.12. The molecular weight excluding hydrogens is 294 g/mol. The van der Waals surface area contributed by atoms with Crippen LogP contribution in [0, 0.1) is 10.1 Å². The Morgan fingerprint density at radius 3 is 2.79 bits per heavy atom. The van der Waals surface area contributed by atoms with E-state index in [1.807, 2.05) is 0 Å². The van der Waals surface area contributed by atoms with Crippen molar-refractivity contribution in [1.82, 2.24) is 4.98 Å². The summed E-state index contributed by atoms with van der Waals surface area (Å²) in [6, 6.07) is 4.26. The highest BCUT2D eigenvalue weighted by molar-refractivity contribution is 7.18. The predicted molar refractivity (Wildman–Crippen MR) is 70.5 cm³/mol. The average molecular weight is 300 g/mol. The topological polar surface area (TPSA) is 105 Å². The van der Waals surface area contributed by atoms with Crippen molar-refractivity contribution in [2.75, 3.05) is 5.32 Å². The number of anilines is 2. The number of halogens is 1. The van der Waals surface area contributed by atoms with Crippen LogP contribution in [0.3, 0.4) is 0 Å². The van der Waals surface area contributed by atoms with Crippen LogP contribution in [0.1, 0.15) is 10.4 Å². The summed E-state index contributed by atoms with van der Waals surface area (Å²) in [5.74, 6) is -1.12. The fraction of sp³-hybridized carbons (Fsp3) is 0. The van der Waals surface area contributed by atoms with Crippen molar-refractivity contribution >= 4 is 44.7 Å². The number of nitrogens with one attached hydrogen (secondary N) is 1. The molecule has 0 saturated carbocycles. The van der Waals surface area contributed by atoms with Crippen LogP contribution in [0.15, 0.2) is 24.4 Å². The Kier molecular flexibility index (Phi) is 3.63. The third-order valence-corrected chi connectivity index (χ3v) is 3.30. The number of aromatic carboxylic acids is 1. The molecule has 0 saturated heterocycles. The van der Waals surface area contributed by atoms with Gasteiger partial charge in [-0.25, -0.2) is 9.78 Å². The Bertz CT molecular complexity index is 658. The number of benzene rings is 1. The molecule has 9 heteroatoms. The van der Waals surface area contributed by atoms with E-state index < -0.39 is 10.9 Å². The van der Waals surface area contributed by atoms with E-state index in [-0.39, 0.29) is 15.6 Å². The summed E-state index contributed by atoms with van der Waals surface area (Å²) >= 11 is 6.67. The summed E-state index contributed by atoms with van der Waals surface area (Å²) in [5, 5.41) is 22.4. The molecule has 0 atom stereocenters. The predicted octanol–water partition coefficient (Wildman–Crippen LogP) is 3.15. The lowest BCUT2D eigenvalue weighted by Crippen LogP contribution is -1.98. The van der Waals surface area contributed by atoms with Gasteiger partial charge in [-0.1, -0.05) is 11.6 Å². The third kappa shape index (κ3) is 2.98. The van der Waals surface area contributed by atoms with Gasteiger partial charge in [-0.3, -0.25) is 10.1 Å². The summed E-state index contributed by atoms with van der Waals surface area (Å²) in [7, 11) is 0. The SMILES string of the molecule is O=C(O)c1ccc(Nc2ncc([N+](=O)[O-])s2)cc1Cl. The number of nitrogens with zero attached hydrogens (tertiary/aromatic N) is 2. The van der Waals surface area contributed by atoms with Crippen molar-refractivity contribution in [3.63, 3.8) is 0 Å². The lowest BCUT2D eigenvalue weighted by molar-refractivity contribution is -0.380. The van der Waals surface area contributed by atoms with Gasteiger partial charge in [0.2, 0.25) is 0 Å². The zero-order valence-corrected chi connectivity index (χ0v) is 10.7. The molecule has 98 valence electrons. The van der Waals surface area contributed by atoms with Gasteiger partial charge in [0, 0.05) is 5.69 Å². The molecule has 1 aromatic carbocycles. The van der Waals surface area contributed by atoms with Gasteiger partial charge in [0.15, 0.2) is 5.13 Å². The van der Waals surface area contributed by atoms with Gasteiger partial charge in [0.05, 0.1) is 15.5 Å². The first kappa shape index (κ1) is 13.2.